The highest BCUT2D eigenvalue weighted by atomic mass is 35.5. The molecule has 266 valence electrons. The second-order valence-corrected chi connectivity index (χ2v) is 13.9. The van der Waals surface area contributed by atoms with Crippen molar-refractivity contribution in [1.82, 2.24) is 0 Å². The van der Waals surface area contributed by atoms with E-state index in [1.807, 2.05) is 0 Å². The summed E-state index contributed by atoms with van der Waals surface area (Å²) in [6.07, 6.45) is 21.3. The van der Waals surface area contributed by atoms with Gasteiger partial charge in [0.05, 0.1) is 54.5 Å². The maximum atomic E-state index is 12.0. The number of halogens is 2. The quantitative estimate of drug-likeness (QED) is 0.0712. The number of carbonyl (C=O) groups excluding carboxylic acids is 2. The largest absolute Gasteiger partial charge is 1.00 e. The zero-order valence-corrected chi connectivity index (χ0v) is 31.2. The Hall–Kier alpha value is -0.600. The molecule has 0 aromatic rings. The minimum Gasteiger partial charge on any atom is -1.00 e. The van der Waals surface area contributed by atoms with Gasteiger partial charge in [-0.05, 0) is 38.5 Å². The number of hydrogen-bond donors (Lipinski definition) is 1. The van der Waals surface area contributed by atoms with Crippen molar-refractivity contribution >= 4 is 11.9 Å². The first-order chi connectivity index (χ1) is 20.0. The fraction of sp³-hybridized carbons (Fsp3) is 0.943. The van der Waals surface area contributed by atoms with Crippen LogP contribution in [0.25, 0.3) is 0 Å². The van der Waals surface area contributed by atoms with E-state index < -0.39 is 0 Å². The van der Waals surface area contributed by atoms with Crippen LogP contribution in [0.3, 0.4) is 0 Å². The van der Waals surface area contributed by atoms with Gasteiger partial charge in [0, 0.05) is 12.8 Å². The average molecular weight is 672 g/mol. The summed E-state index contributed by atoms with van der Waals surface area (Å²) in [6.45, 7) is 8.75. The van der Waals surface area contributed by atoms with Gasteiger partial charge >= 0.3 is 11.9 Å². The molecular weight excluding hydrogens is 599 g/mol. The molecule has 0 fully saturated rings. The average Bonchev–Trinajstić information content (AvgIpc) is 2.90. The van der Waals surface area contributed by atoms with Crippen LogP contribution in [0, 0.1) is 0 Å². The van der Waals surface area contributed by atoms with Gasteiger partial charge in [0.25, 0.3) is 0 Å². The van der Waals surface area contributed by atoms with E-state index in [1.165, 1.54) is 64.2 Å². The highest BCUT2D eigenvalue weighted by Crippen LogP contribution is 2.12. The molecule has 0 unspecified atom stereocenters. The predicted molar refractivity (Wildman–Crippen MR) is 175 cm³/mol. The lowest BCUT2D eigenvalue weighted by atomic mass is 10.1. The molecular formula is C35H72Cl2N2O5. The molecule has 7 nitrogen and oxygen atoms in total. The Bertz CT molecular complexity index is 611. The van der Waals surface area contributed by atoms with Gasteiger partial charge in [-0.25, -0.2) is 0 Å². The molecule has 0 aliphatic carbocycles. The maximum Gasteiger partial charge on any atom is 0.305 e. The maximum absolute atomic E-state index is 12.0. The van der Waals surface area contributed by atoms with Crippen LogP contribution in [0.5, 0.6) is 0 Å². The number of ether oxygens (including phenoxy) is 2. The molecule has 0 heterocycles. The summed E-state index contributed by atoms with van der Waals surface area (Å²) >= 11 is 0. The monoisotopic (exact) mass is 670 g/mol. The van der Waals surface area contributed by atoms with Crippen molar-refractivity contribution < 1.29 is 57.9 Å². The van der Waals surface area contributed by atoms with Gasteiger partial charge in [0.15, 0.2) is 6.10 Å². The van der Waals surface area contributed by atoms with E-state index in [2.05, 4.69) is 42.0 Å². The number of quaternary nitrogens is 2. The van der Waals surface area contributed by atoms with E-state index in [1.54, 1.807) is 0 Å². The normalized spacial score (nSPS) is 11.6. The third-order valence-electron chi connectivity index (χ3n) is 8.22. The Morgan fingerprint density at radius 3 is 1.18 bits per heavy atom. The Kier molecular flexibility index (Phi) is 33.7. The summed E-state index contributed by atoms with van der Waals surface area (Å²) in [5, 5.41) is 10.8. The van der Waals surface area contributed by atoms with Crippen molar-refractivity contribution in [3.8, 4) is 0 Å². The molecule has 0 atom stereocenters. The molecule has 0 aliphatic heterocycles. The molecule has 0 bridgehead atoms. The van der Waals surface area contributed by atoms with Crippen LogP contribution in [-0.4, -0.2) is 99.7 Å². The molecule has 0 saturated carbocycles. The molecule has 0 saturated heterocycles. The highest BCUT2D eigenvalue weighted by molar-refractivity contribution is 5.69. The lowest BCUT2D eigenvalue weighted by Crippen LogP contribution is -3.00. The smallest absolute Gasteiger partial charge is 0.305 e. The second-order valence-electron chi connectivity index (χ2n) is 13.9. The Morgan fingerprint density at radius 2 is 0.841 bits per heavy atom. The lowest BCUT2D eigenvalue weighted by Gasteiger charge is -2.36. The zero-order valence-electron chi connectivity index (χ0n) is 29.7. The van der Waals surface area contributed by atoms with Gasteiger partial charge in [0.1, 0.15) is 13.1 Å². The van der Waals surface area contributed by atoms with Crippen molar-refractivity contribution in [1.29, 1.82) is 0 Å². The lowest BCUT2D eigenvalue weighted by molar-refractivity contribution is -0.914. The number of unbranched alkanes of at least 4 members (excludes halogenated alkanes) is 14. The van der Waals surface area contributed by atoms with Gasteiger partial charge in [-0.3, -0.25) is 9.59 Å². The molecule has 0 radical (unpaired) electrons. The van der Waals surface area contributed by atoms with Gasteiger partial charge in [-0.1, -0.05) is 90.9 Å². The summed E-state index contributed by atoms with van der Waals surface area (Å²) in [5.74, 6) is -0.122. The topological polar surface area (TPSA) is 72.8 Å². The van der Waals surface area contributed by atoms with E-state index in [9.17, 15) is 14.7 Å². The van der Waals surface area contributed by atoms with Crippen LogP contribution in [-0.2, 0) is 19.1 Å². The predicted octanol–water partition coefficient (Wildman–Crippen LogP) is 1.44. The van der Waals surface area contributed by atoms with Gasteiger partial charge in [-0.15, -0.1) is 0 Å². The van der Waals surface area contributed by atoms with Crippen molar-refractivity contribution in [3.05, 3.63) is 0 Å². The summed E-state index contributed by atoms with van der Waals surface area (Å²) < 4.78 is 12.4. The Morgan fingerprint density at radius 1 is 0.523 bits per heavy atom. The van der Waals surface area contributed by atoms with E-state index >= 15 is 0 Å². The van der Waals surface area contributed by atoms with Crippen molar-refractivity contribution in [2.24, 2.45) is 0 Å². The number of hydrogen-bond acceptors (Lipinski definition) is 5. The number of aliphatic hydroxyl groups excluding tert-OH is 1. The van der Waals surface area contributed by atoms with Crippen molar-refractivity contribution in [2.45, 2.75) is 148 Å². The third-order valence-corrected chi connectivity index (χ3v) is 8.22. The number of likely N-dealkylation sites (N-methyl/N-ethyl adjacent to an activating group) is 2. The molecule has 0 rings (SSSR count). The summed E-state index contributed by atoms with van der Waals surface area (Å²) in [5.41, 5.74) is 0. The first kappa shape index (κ1) is 47.8. The van der Waals surface area contributed by atoms with Crippen LogP contribution in [0.4, 0.5) is 0 Å². The van der Waals surface area contributed by atoms with Crippen LogP contribution in [0.2, 0.25) is 0 Å². The molecule has 0 spiro atoms. The fourth-order valence-electron chi connectivity index (χ4n) is 5.63. The fourth-order valence-corrected chi connectivity index (χ4v) is 5.63. The molecule has 1 N–H and O–H groups in total. The Balaban J connectivity index is -0.00000840. The SMILES string of the molecule is CCCCCCCCCC(=O)OCCCC[N+](C)(C)CC(O)C[N+](C)(C)CCCCOC(=O)CCCCCCCCC.[Cl-].[Cl-]. The molecule has 0 aliphatic rings. The molecule has 9 heteroatoms. The van der Waals surface area contributed by atoms with E-state index in [0.717, 1.165) is 73.4 Å². The first-order valence-electron chi connectivity index (χ1n) is 17.6. The van der Waals surface area contributed by atoms with Crippen molar-refractivity contribution in [3.63, 3.8) is 0 Å². The molecule has 0 amide bonds. The molecule has 0 aromatic carbocycles. The van der Waals surface area contributed by atoms with Crippen LogP contribution in [0.15, 0.2) is 0 Å². The van der Waals surface area contributed by atoms with Gasteiger partial charge in [-0.2, -0.15) is 0 Å². The summed E-state index contributed by atoms with van der Waals surface area (Å²) in [4.78, 5) is 23.9. The summed E-state index contributed by atoms with van der Waals surface area (Å²) in [6, 6.07) is 0. The number of carbonyl (C=O) groups is 2. The number of esters is 2. The van der Waals surface area contributed by atoms with Crippen LogP contribution >= 0.6 is 0 Å². The minimum absolute atomic E-state index is 0. The summed E-state index contributed by atoms with van der Waals surface area (Å²) in [7, 11) is 8.65. The third kappa shape index (κ3) is 32.8. The zero-order chi connectivity index (χ0) is 31.5. The number of aliphatic hydroxyl groups is 1. The van der Waals surface area contributed by atoms with E-state index in [4.69, 9.17) is 9.47 Å². The highest BCUT2D eigenvalue weighted by Gasteiger charge is 2.26. The van der Waals surface area contributed by atoms with Gasteiger partial charge < -0.3 is 48.4 Å². The van der Waals surface area contributed by atoms with Crippen LogP contribution < -0.4 is 24.8 Å². The van der Waals surface area contributed by atoms with E-state index in [0.29, 0.717) is 39.1 Å². The minimum atomic E-state index is -0.380. The van der Waals surface area contributed by atoms with Crippen molar-refractivity contribution in [2.75, 3.05) is 67.6 Å². The number of rotatable bonds is 30. The number of nitrogens with zero attached hydrogens (tertiary/aromatic N) is 2. The van der Waals surface area contributed by atoms with Gasteiger partial charge in [0.2, 0.25) is 0 Å². The Labute approximate surface area is 285 Å². The second kappa shape index (κ2) is 31.0. The standard InChI is InChI=1S/C35H72N2O5.2ClH/c1-7-9-11-13-15-17-19-25-34(39)41-29-23-21-27-36(3,4)31-33(38)32-37(5,6)28-22-24-30-42-35(40)26-20-18-16-14-12-10-8-2;;/h33,38H,7-32H2,1-6H3;2*1H/q+2;;/p-2. The molecule has 0 aromatic heterocycles. The van der Waals surface area contributed by atoms with E-state index in [-0.39, 0.29) is 42.9 Å². The van der Waals surface area contributed by atoms with Crippen LogP contribution in [0.1, 0.15) is 142 Å². The first-order valence-corrected chi connectivity index (χ1v) is 17.6. The molecule has 44 heavy (non-hydrogen) atoms.